The van der Waals surface area contributed by atoms with Crippen LogP contribution in [0.4, 0.5) is 0 Å². The molecular formula is C38H44N2O8. The highest BCUT2D eigenvalue weighted by atomic mass is 16.5. The van der Waals surface area contributed by atoms with E-state index in [2.05, 4.69) is 23.8 Å². The summed E-state index contributed by atoms with van der Waals surface area (Å²) in [5, 5.41) is 4.65. The predicted octanol–water partition coefficient (Wildman–Crippen LogP) is 6.61. The number of benzene rings is 2. The average molecular weight is 657 g/mol. The van der Waals surface area contributed by atoms with E-state index in [1.807, 2.05) is 0 Å². The molecule has 4 rings (SSSR count). The number of nitrogens with one attached hydrogen (secondary N) is 2. The molecule has 0 unspecified atom stereocenters. The Morgan fingerprint density at radius 1 is 0.542 bits per heavy atom. The fourth-order valence-corrected chi connectivity index (χ4v) is 6.11. The van der Waals surface area contributed by atoms with Crippen molar-refractivity contribution in [2.24, 2.45) is 0 Å². The first-order valence-corrected chi connectivity index (χ1v) is 16.7. The molecule has 0 aromatic heterocycles. The van der Waals surface area contributed by atoms with Crippen LogP contribution in [0.25, 0.3) is 0 Å². The molecule has 2 N–H and O–H groups in total. The maximum absolute atomic E-state index is 12.8. The number of carbonyl (C=O) groups is 6. The summed E-state index contributed by atoms with van der Waals surface area (Å²) in [6, 6.07) is 6.14. The topological polar surface area (TPSA) is 145 Å². The first kappa shape index (κ1) is 36.0. The van der Waals surface area contributed by atoms with E-state index in [4.69, 9.17) is 9.47 Å². The first-order valence-electron chi connectivity index (χ1n) is 16.7. The number of fused-ring (bicyclic) bond motifs is 2. The SMILES string of the molecule is C=C(C)COC(=O)c1ccc2c(c1CCCCCCCCCCCCc1c(C(=O)OCC(=C)C)ccc3c1C(=O)NC3=O)C(=O)NC2=O. The summed E-state index contributed by atoms with van der Waals surface area (Å²) in [7, 11) is 0. The second-order valence-corrected chi connectivity index (χ2v) is 12.7. The molecule has 2 heterocycles. The number of amides is 4. The molecule has 0 spiro atoms. The van der Waals surface area contributed by atoms with Gasteiger partial charge in [0.1, 0.15) is 13.2 Å². The molecule has 2 aliphatic rings. The van der Waals surface area contributed by atoms with Gasteiger partial charge in [-0.05, 0) is 86.1 Å². The van der Waals surface area contributed by atoms with Crippen molar-refractivity contribution in [3.05, 3.63) is 93.1 Å². The largest absolute Gasteiger partial charge is 0.458 e. The van der Waals surface area contributed by atoms with Crippen molar-refractivity contribution in [3.8, 4) is 0 Å². The van der Waals surface area contributed by atoms with Crippen molar-refractivity contribution in [3.63, 3.8) is 0 Å². The van der Waals surface area contributed by atoms with E-state index >= 15 is 0 Å². The third-order valence-electron chi connectivity index (χ3n) is 8.47. The van der Waals surface area contributed by atoms with E-state index < -0.39 is 35.6 Å². The molecule has 48 heavy (non-hydrogen) atoms. The third-order valence-corrected chi connectivity index (χ3v) is 8.47. The van der Waals surface area contributed by atoms with Gasteiger partial charge in [-0.25, -0.2) is 9.59 Å². The number of hydrogen-bond donors (Lipinski definition) is 2. The van der Waals surface area contributed by atoms with Crippen LogP contribution in [0.1, 0.15) is 151 Å². The highest BCUT2D eigenvalue weighted by molar-refractivity contribution is 6.23. The van der Waals surface area contributed by atoms with Gasteiger partial charge in [-0.2, -0.15) is 0 Å². The van der Waals surface area contributed by atoms with Gasteiger partial charge in [-0.15, -0.1) is 0 Å². The monoisotopic (exact) mass is 656 g/mol. The Morgan fingerprint density at radius 2 is 0.875 bits per heavy atom. The standard InChI is InChI=1S/C38H44N2O8/c1-23(2)21-47-37(45)27-17-19-29-31(35(43)39-33(29)41)25(27)15-13-11-9-7-5-6-8-10-12-14-16-26-28(38(46)48-22-24(3)4)18-20-30-32(26)36(44)40-34(30)42/h17-20H,1,3,5-16,21-22H2,2,4H3,(H,39,41,43)(H,40,42,44). The van der Waals surface area contributed by atoms with E-state index in [1.54, 1.807) is 26.0 Å². The Hall–Kier alpha value is -4.86. The summed E-state index contributed by atoms with van der Waals surface area (Å²) in [6.07, 6.45) is 10.7. The fraction of sp³-hybridized carbons (Fsp3) is 0.421. The van der Waals surface area contributed by atoms with Crippen LogP contribution < -0.4 is 10.6 Å². The lowest BCUT2D eigenvalue weighted by Gasteiger charge is -2.13. The lowest BCUT2D eigenvalue weighted by molar-refractivity contribution is 0.0530. The molecule has 0 saturated carbocycles. The summed E-state index contributed by atoms with van der Waals surface area (Å²) in [6.45, 7) is 11.2. The van der Waals surface area contributed by atoms with Crippen molar-refractivity contribution >= 4 is 35.6 Å². The zero-order valence-electron chi connectivity index (χ0n) is 27.9. The van der Waals surface area contributed by atoms with Gasteiger partial charge < -0.3 is 9.47 Å². The molecule has 4 amide bonds. The summed E-state index contributed by atoms with van der Waals surface area (Å²) in [5.41, 5.74) is 4.29. The second-order valence-electron chi connectivity index (χ2n) is 12.7. The van der Waals surface area contributed by atoms with Crippen molar-refractivity contribution < 1.29 is 38.2 Å². The molecule has 2 aliphatic heterocycles. The first-order chi connectivity index (χ1) is 23.0. The Kier molecular flexibility index (Phi) is 12.6. The minimum atomic E-state index is -0.530. The summed E-state index contributed by atoms with van der Waals surface area (Å²) in [4.78, 5) is 74.9. The Balaban J connectivity index is 1.18. The Bertz CT molecular complexity index is 1530. The second kappa shape index (κ2) is 16.8. The van der Waals surface area contributed by atoms with Gasteiger partial charge in [0.25, 0.3) is 23.6 Å². The normalized spacial score (nSPS) is 13.1. The van der Waals surface area contributed by atoms with Crippen molar-refractivity contribution in [1.29, 1.82) is 0 Å². The summed E-state index contributed by atoms with van der Waals surface area (Å²) >= 11 is 0. The van der Waals surface area contributed by atoms with Gasteiger partial charge in [-0.3, -0.25) is 29.8 Å². The molecule has 10 nitrogen and oxygen atoms in total. The number of rotatable bonds is 19. The molecule has 10 heteroatoms. The van der Waals surface area contributed by atoms with Crippen LogP contribution in [0.2, 0.25) is 0 Å². The van der Waals surface area contributed by atoms with E-state index in [0.29, 0.717) is 57.4 Å². The molecular weight excluding hydrogens is 612 g/mol. The highest BCUT2D eigenvalue weighted by Gasteiger charge is 2.33. The quantitative estimate of drug-likeness (QED) is 0.0744. The van der Waals surface area contributed by atoms with E-state index in [9.17, 15) is 28.8 Å². The van der Waals surface area contributed by atoms with Crippen LogP contribution in [0, 0.1) is 0 Å². The van der Waals surface area contributed by atoms with Crippen LogP contribution in [-0.4, -0.2) is 48.8 Å². The molecule has 0 bridgehead atoms. The number of esters is 2. The summed E-state index contributed by atoms with van der Waals surface area (Å²) in [5.74, 6) is -2.91. The molecule has 0 saturated heterocycles. The van der Waals surface area contributed by atoms with Gasteiger partial charge in [0.15, 0.2) is 0 Å². The highest BCUT2D eigenvalue weighted by Crippen LogP contribution is 2.28. The fourth-order valence-electron chi connectivity index (χ4n) is 6.11. The van der Waals surface area contributed by atoms with Gasteiger partial charge in [-0.1, -0.05) is 64.5 Å². The predicted molar refractivity (Wildman–Crippen MR) is 180 cm³/mol. The Labute approximate surface area is 281 Å². The van der Waals surface area contributed by atoms with Crippen LogP contribution in [-0.2, 0) is 22.3 Å². The molecule has 0 aliphatic carbocycles. The van der Waals surface area contributed by atoms with E-state index in [1.165, 1.54) is 12.1 Å². The zero-order valence-corrected chi connectivity index (χ0v) is 27.9. The molecule has 254 valence electrons. The Morgan fingerprint density at radius 3 is 1.21 bits per heavy atom. The number of ether oxygens (including phenoxy) is 2. The average Bonchev–Trinajstić information content (AvgIpc) is 3.51. The molecule has 0 fully saturated rings. The van der Waals surface area contributed by atoms with Crippen LogP contribution in [0.3, 0.4) is 0 Å². The minimum absolute atomic E-state index is 0.0870. The maximum atomic E-state index is 12.8. The van der Waals surface area contributed by atoms with Gasteiger partial charge >= 0.3 is 11.9 Å². The molecule has 0 atom stereocenters. The number of imide groups is 2. The van der Waals surface area contributed by atoms with Crippen LogP contribution in [0.5, 0.6) is 0 Å². The smallest absolute Gasteiger partial charge is 0.338 e. The van der Waals surface area contributed by atoms with E-state index in [0.717, 1.165) is 64.2 Å². The lowest BCUT2D eigenvalue weighted by atomic mass is 9.92. The molecule has 2 aromatic rings. The third kappa shape index (κ3) is 8.93. The summed E-state index contributed by atoms with van der Waals surface area (Å²) < 4.78 is 10.7. The number of unbranched alkanes of at least 4 members (excludes halogenated alkanes) is 9. The number of carbonyl (C=O) groups excluding carboxylic acids is 6. The van der Waals surface area contributed by atoms with Crippen LogP contribution in [0.15, 0.2) is 48.6 Å². The molecule has 2 aromatic carbocycles. The van der Waals surface area contributed by atoms with Crippen molar-refractivity contribution in [2.45, 2.75) is 90.9 Å². The van der Waals surface area contributed by atoms with Crippen LogP contribution >= 0.6 is 0 Å². The lowest BCUT2D eigenvalue weighted by Crippen LogP contribution is -2.20. The van der Waals surface area contributed by atoms with Gasteiger partial charge in [0, 0.05) is 0 Å². The van der Waals surface area contributed by atoms with E-state index in [-0.39, 0.29) is 24.3 Å². The van der Waals surface area contributed by atoms with Gasteiger partial charge in [0.2, 0.25) is 0 Å². The maximum Gasteiger partial charge on any atom is 0.338 e. The number of hydrogen-bond acceptors (Lipinski definition) is 8. The minimum Gasteiger partial charge on any atom is -0.458 e. The van der Waals surface area contributed by atoms with Crippen molar-refractivity contribution in [2.75, 3.05) is 13.2 Å². The zero-order chi connectivity index (χ0) is 34.8. The van der Waals surface area contributed by atoms with Crippen molar-refractivity contribution in [1.82, 2.24) is 10.6 Å². The molecule has 0 radical (unpaired) electrons. The van der Waals surface area contributed by atoms with Gasteiger partial charge in [0.05, 0.1) is 33.4 Å².